The van der Waals surface area contributed by atoms with Gasteiger partial charge >= 0.3 is 6.09 Å². The van der Waals surface area contributed by atoms with E-state index in [0.29, 0.717) is 38.4 Å². The van der Waals surface area contributed by atoms with Crippen LogP contribution in [0.2, 0.25) is 0 Å². The van der Waals surface area contributed by atoms with Gasteiger partial charge < -0.3 is 19.9 Å². The zero-order valence-electron chi connectivity index (χ0n) is 15.4. The van der Waals surface area contributed by atoms with E-state index in [9.17, 15) is 14.0 Å². The van der Waals surface area contributed by atoms with Crippen LogP contribution in [0.15, 0.2) is 18.3 Å². The van der Waals surface area contributed by atoms with Crippen LogP contribution in [0.1, 0.15) is 27.2 Å². The molecule has 1 aliphatic carbocycles. The molecule has 0 unspecified atom stereocenters. The summed E-state index contributed by atoms with van der Waals surface area (Å²) in [4.78, 5) is 31.9. The zero-order chi connectivity index (χ0) is 18.9. The number of ether oxygens (including phenoxy) is 1. The molecular weight excluding hydrogens is 339 g/mol. The fourth-order valence-corrected chi connectivity index (χ4v) is 2.77. The number of hydrogen-bond donors (Lipinski definition) is 1. The molecule has 142 valence electrons. The Kier molecular flexibility index (Phi) is 5.02. The number of carbonyl (C=O) groups is 2. The van der Waals surface area contributed by atoms with Crippen LogP contribution < -0.4 is 10.2 Å². The lowest BCUT2D eigenvalue weighted by molar-refractivity contribution is -0.117. The number of halogens is 1. The molecule has 0 spiro atoms. The number of carbonyl (C=O) groups excluding carboxylic acids is 2. The fraction of sp³-hybridized carbons (Fsp3) is 0.611. The van der Waals surface area contributed by atoms with Gasteiger partial charge in [-0.1, -0.05) is 0 Å². The minimum absolute atomic E-state index is 0.292. The van der Waals surface area contributed by atoms with E-state index in [-0.39, 0.29) is 12.0 Å². The Labute approximate surface area is 152 Å². The second-order valence-electron chi connectivity index (χ2n) is 7.70. The molecule has 1 aromatic rings. The first kappa shape index (κ1) is 18.4. The average molecular weight is 364 g/mol. The summed E-state index contributed by atoms with van der Waals surface area (Å²) in [6.45, 7) is 8.06. The maximum Gasteiger partial charge on any atom is 0.410 e. The molecule has 0 radical (unpaired) electrons. The quantitative estimate of drug-likeness (QED) is 0.892. The van der Waals surface area contributed by atoms with Gasteiger partial charge in [-0.25, -0.2) is 14.2 Å². The molecule has 1 saturated carbocycles. The van der Waals surface area contributed by atoms with E-state index in [1.807, 2.05) is 26.8 Å². The molecule has 3 rings (SSSR count). The first-order valence-electron chi connectivity index (χ1n) is 8.87. The Morgan fingerprint density at radius 3 is 2.38 bits per heavy atom. The Balaban J connectivity index is 1.50. The monoisotopic (exact) mass is 364 g/mol. The summed E-state index contributed by atoms with van der Waals surface area (Å²) in [7, 11) is 0. The van der Waals surface area contributed by atoms with E-state index in [1.165, 1.54) is 0 Å². The van der Waals surface area contributed by atoms with Crippen LogP contribution in [0, 0.1) is 5.92 Å². The van der Waals surface area contributed by atoms with Crippen molar-refractivity contribution in [3.63, 3.8) is 0 Å². The van der Waals surface area contributed by atoms with Crippen molar-refractivity contribution >= 4 is 23.5 Å². The second kappa shape index (κ2) is 7.09. The highest BCUT2D eigenvalue weighted by atomic mass is 19.1. The van der Waals surface area contributed by atoms with Gasteiger partial charge in [-0.2, -0.15) is 0 Å². The van der Waals surface area contributed by atoms with Crippen LogP contribution in [0.4, 0.5) is 20.7 Å². The molecule has 26 heavy (non-hydrogen) atoms. The number of amides is 2. The number of hydrogen-bond acceptors (Lipinski definition) is 5. The molecule has 2 amide bonds. The smallest absolute Gasteiger partial charge is 0.410 e. The Bertz CT molecular complexity index is 666. The summed E-state index contributed by atoms with van der Waals surface area (Å²) < 4.78 is 18.3. The van der Waals surface area contributed by atoms with Crippen molar-refractivity contribution in [1.29, 1.82) is 0 Å². The summed E-state index contributed by atoms with van der Waals surface area (Å²) in [5, 5.41) is 2.63. The SMILES string of the molecule is CC(C)(C)OC(=O)N1CCN(c2ccc(NC(=O)[C@H]3C[C@H]3F)nc2)CC1. The zero-order valence-corrected chi connectivity index (χ0v) is 15.4. The van der Waals surface area contributed by atoms with Crippen molar-refractivity contribution < 1.29 is 18.7 Å². The average Bonchev–Trinajstić information content (AvgIpc) is 3.31. The van der Waals surface area contributed by atoms with Gasteiger partial charge in [-0.05, 0) is 39.3 Å². The first-order chi connectivity index (χ1) is 12.2. The van der Waals surface area contributed by atoms with Crippen LogP contribution in [-0.2, 0) is 9.53 Å². The lowest BCUT2D eigenvalue weighted by Crippen LogP contribution is -2.50. The van der Waals surface area contributed by atoms with E-state index in [1.54, 1.807) is 17.2 Å². The van der Waals surface area contributed by atoms with Crippen molar-refractivity contribution in [3.8, 4) is 0 Å². The van der Waals surface area contributed by atoms with E-state index in [0.717, 1.165) is 5.69 Å². The molecule has 2 aliphatic rings. The highest BCUT2D eigenvalue weighted by molar-refractivity contribution is 5.94. The van der Waals surface area contributed by atoms with Crippen molar-refractivity contribution in [2.75, 3.05) is 36.4 Å². The molecule has 7 nitrogen and oxygen atoms in total. The van der Waals surface area contributed by atoms with Gasteiger partial charge in [0.05, 0.1) is 17.8 Å². The maximum absolute atomic E-state index is 12.9. The van der Waals surface area contributed by atoms with Crippen LogP contribution in [-0.4, -0.2) is 59.8 Å². The molecule has 1 aromatic heterocycles. The topological polar surface area (TPSA) is 74.8 Å². The summed E-state index contributed by atoms with van der Waals surface area (Å²) >= 11 is 0. The van der Waals surface area contributed by atoms with Gasteiger partial charge in [0.1, 0.15) is 17.6 Å². The number of nitrogens with zero attached hydrogens (tertiary/aromatic N) is 3. The predicted octanol–water partition coefficient (Wildman–Crippen LogP) is 2.44. The largest absolute Gasteiger partial charge is 0.444 e. The molecule has 2 fully saturated rings. The molecule has 0 aromatic carbocycles. The normalized spacial score (nSPS) is 22.8. The molecular formula is C18H25FN4O3. The summed E-state index contributed by atoms with van der Waals surface area (Å²) in [6.07, 6.45) is 0.667. The highest BCUT2D eigenvalue weighted by Gasteiger charge is 2.43. The van der Waals surface area contributed by atoms with E-state index in [2.05, 4.69) is 15.2 Å². The number of nitrogens with one attached hydrogen (secondary N) is 1. The van der Waals surface area contributed by atoms with Gasteiger partial charge in [0.2, 0.25) is 5.91 Å². The summed E-state index contributed by atoms with van der Waals surface area (Å²) in [6, 6.07) is 3.58. The molecule has 1 aliphatic heterocycles. The van der Waals surface area contributed by atoms with Crippen molar-refractivity contribution in [3.05, 3.63) is 18.3 Å². The Hall–Kier alpha value is -2.38. The summed E-state index contributed by atoms with van der Waals surface area (Å²) in [5.41, 5.74) is 0.419. The maximum atomic E-state index is 12.9. The molecule has 2 atom stereocenters. The number of alkyl halides is 1. The number of pyridine rings is 1. The molecule has 1 N–H and O–H groups in total. The van der Waals surface area contributed by atoms with Crippen LogP contribution in [0.5, 0.6) is 0 Å². The van der Waals surface area contributed by atoms with Crippen LogP contribution in [0.25, 0.3) is 0 Å². The summed E-state index contributed by atoms with van der Waals surface area (Å²) in [5.74, 6) is -0.425. The third-order valence-corrected chi connectivity index (χ3v) is 4.34. The van der Waals surface area contributed by atoms with Gasteiger partial charge in [-0.15, -0.1) is 0 Å². The molecule has 1 saturated heterocycles. The lowest BCUT2D eigenvalue weighted by atomic mass is 10.2. The second-order valence-corrected chi connectivity index (χ2v) is 7.70. The Morgan fingerprint density at radius 2 is 1.88 bits per heavy atom. The predicted molar refractivity (Wildman–Crippen MR) is 95.9 cm³/mol. The minimum Gasteiger partial charge on any atom is -0.444 e. The van der Waals surface area contributed by atoms with E-state index < -0.39 is 17.7 Å². The third kappa shape index (κ3) is 4.62. The van der Waals surface area contributed by atoms with Crippen molar-refractivity contribution in [1.82, 2.24) is 9.88 Å². The van der Waals surface area contributed by atoms with Crippen molar-refractivity contribution in [2.24, 2.45) is 5.92 Å². The number of rotatable bonds is 3. The molecule has 0 bridgehead atoms. The van der Waals surface area contributed by atoms with Gasteiger partial charge in [0, 0.05) is 26.2 Å². The minimum atomic E-state index is -1.02. The standard InChI is InChI=1S/C18H25FN4O3/c1-18(2,3)26-17(25)23-8-6-22(7-9-23)12-4-5-15(20-11-12)21-16(24)13-10-14(13)19/h4-5,11,13-14H,6-10H2,1-3H3,(H,20,21,24)/t13-,14+/m0/s1. The first-order valence-corrected chi connectivity index (χ1v) is 8.87. The van der Waals surface area contributed by atoms with Gasteiger partial charge in [0.25, 0.3) is 0 Å². The van der Waals surface area contributed by atoms with Gasteiger partial charge in [-0.3, -0.25) is 4.79 Å². The molecule has 8 heteroatoms. The number of piperazine rings is 1. The van der Waals surface area contributed by atoms with Crippen LogP contribution >= 0.6 is 0 Å². The highest BCUT2D eigenvalue weighted by Crippen LogP contribution is 2.34. The third-order valence-electron chi connectivity index (χ3n) is 4.34. The van der Waals surface area contributed by atoms with Crippen molar-refractivity contribution in [2.45, 2.75) is 39.0 Å². The fourth-order valence-electron chi connectivity index (χ4n) is 2.77. The van der Waals surface area contributed by atoms with Gasteiger partial charge in [0.15, 0.2) is 0 Å². The van der Waals surface area contributed by atoms with Crippen LogP contribution in [0.3, 0.4) is 0 Å². The number of anilines is 2. The Morgan fingerprint density at radius 1 is 1.23 bits per heavy atom. The lowest BCUT2D eigenvalue weighted by Gasteiger charge is -2.36. The molecule has 2 heterocycles. The number of aromatic nitrogens is 1. The van der Waals surface area contributed by atoms with E-state index in [4.69, 9.17) is 4.74 Å². The van der Waals surface area contributed by atoms with E-state index >= 15 is 0 Å².